The van der Waals surface area contributed by atoms with E-state index in [1.54, 1.807) is 0 Å². The molecule has 2 rings (SSSR count). The molecule has 2 heterocycles. The van der Waals surface area contributed by atoms with Crippen LogP contribution in [0.1, 0.15) is 40.5 Å². The standard InChI is InChI=1S/C12H22O2/c1-5-6-12-10(3)8-13-11(12,4)9(2)7-14-12/h9-10H,5-8H2,1-4H3. The van der Waals surface area contributed by atoms with E-state index >= 15 is 0 Å². The van der Waals surface area contributed by atoms with Crippen molar-refractivity contribution in [1.29, 1.82) is 0 Å². The predicted octanol–water partition coefficient (Wildman–Crippen LogP) is 2.62. The summed E-state index contributed by atoms with van der Waals surface area (Å²) in [4.78, 5) is 0. The van der Waals surface area contributed by atoms with Crippen LogP contribution in [0.15, 0.2) is 0 Å². The van der Waals surface area contributed by atoms with Crippen LogP contribution in [-0.2, 0) is 9.47 Å². The average Bonchev–Trinajstić information content (AvgIpc) is 2.54. The molecular formula is C12H22O2. The highest BCUT2D eigenvalue weighted by molar-refractivity contribution is 5.12. The van der Waals surface area contributed by atoms with Crippen molar-refractivity contribution in [1.82, 2.24) is 0 Å². The van der Waals surface area contributed by atoms with Gasteiger partial charge < -0.3 is 9.47 Å². The van der Waals surface area contributed by atoms with Gasteiger partial charge in [0.15, 0.2) is 0 Å². The summed E-state index contributed by atoms with van der Waals surface area (Å²) in [5.41, 5.74) is -0.0381. The van der Waals surface area contributed by atoms with Gasteiger partial charge in [0.05, 0.1) is 18.8 Å². The Kier molecular flexibility index (Phi) is 2.39. The first-order valence-corrected chi connectivity index (χ1v) is 5.84. The van der Waals surface area contributed by atoms with Gasteiger partial charge in [0.25, 0.3) is 0 Å². The van der Waals surface area contributed by atoms with Crippen LogP contribution in [0, 0.1) is 11.8 Å². The summed E-state index contributed by atoms with van der Waals surface area (Å²) in [5, 5.41) is 0. The lowest BCUT2D eigenvalue weighted by molar-refractivity contribution is -0.0978. The van der Waals surface area contributed by atoms with E-state index in [-0.39, 0.29) is 11.2 Å². The smallest absolute Gasteiger partial charge is 0.102 e. The predicted molar refractivity (Wildman–Crippen MR) is 56.3 cm³/mol. The molecule has 2 saturated heterocycles. The molecule has 0 aromatic heterocycles. The molecule has 2 fully saturated rings. The second-order valence-electron chi connectivity index (χ2n) is 5.17. The van der Waals surface area contributed by atoms with E-state index in [9.17, 15) is 0 Å². The maximum absolute atomic E-state index is 6.11. The molecule has 0 aromatic rings. The molecule has 0 amide bonds. The minimum Gasteiger partial charge on any atom is -0.372 e. The van der Waals surface area contributed by atoms with Crippen molar-refractivity contribution in [3.63, 3.8) is 0 Å². The van der Waals surface area contributed by atoms with Crippen LogP contribution in [0.25, 0.3) is 0 Å². The first kappa shape index (κ1) is 10.4. The fourth-order valence-electron chi connectivity index (χ4n) is 3.26. The maximum Gasteiger partial charge on any atom is 0.102 e. The molecule has 14 heavy (non-hydrogen) atoms. The molecule has 0 saturated carbocycles. The minimum atomic E-state index is -0.0393. The topological polar surface area (TPSA) is 18.5 Å². The molecule has 2 nitrogen and oxygen atoms in total. The Morgan fingerprint density at radius 3 is 2.43 bits per heavy atom. The van der Waals surface area contributed by atoms with Gasteiger partial charge in [-0.05, 0) is 13.3 Å². The van der Waals surface area contributed by atoms with Crippen LogP contribution in [-0.4, -0.2) is 24.4 Å². The summed E-state index contributed by atoms with van der Waals surface area (Å²) < 4.78 is 12.1. The van der Waals surface area contributed by atoms with Gasteiger partial charge in [0, 0.05) is 11.8 Å². The van der Waals surface area contributed by atoms with Crippen LogP contribution in [0.5, 0.6) is 0 Å². The van der Waals surface area contributed by atoms with E-state index in [2.05, 4.69) is 27.7 Å². The molecule has 0 bridgehead atoms. The molecule has 2 aliphatic heterocycles. The molecular weight excluding hydrogens is 176 g/mol. The molecule has 0 aromatic carbocycles. The SMILES string of the molecule is CCCC12OCC(C)C1(C)OCC2C. The van der Waals surface area contributed by atoms with Crippen molar-refractivity contribution >= 4 is 0 Å². The van der Waals surface area contributed by atoms with Crippen LogP contribution >= 0.6 is 0 Å². The lowest BCUT2D eigenvalue weighted by Crippen LogP contribution is -2.50. The van der Waals surface area contributed by atoms with Gasteiger partial charge in [-0.1, -0.05) is 27.2 Å². The Morgan fingerprint density at radius 2 is 1.79 bits per heavy atom. The summed E-state index contributed by atoms with van der Waals surface area (Å²) in [7, 11) is 0. The highest BCUT2D eigenvalue weighted by Crippen LogP contribution is 2.54. The minimum absolute atomic E-state index is 0.00116. The fraction of sp³-hybridized carbons (Fsp3) is 1.00. The Labute approximate surface area is 87.0 Å². The zero-order chi connectivity index (χ0) is 10.4. The number of hydrogen-bond donors (Lipinski definition) is 0. The summed E-state index contributed by atoms with van der Waals surface area (Å²) in [6.45, 7) is 10.7. The second kappa shape index (κ2) is 3.21. The zero-order valence-corrected chi connectivity index (χ0v) is 9.80. The lowest BCUT2D eigenvalue weighted by atomic mass is 9.72. The molecule has 2 heteroatoms. The number of hydrogen-bond acceptors (Lipinski definition) is 2. The van der Waals surface area contributed by atoms with Crippen molar-refractivity contribution in [3.8, 4) is 0 Å². The molecule has 0 spiro atoms. The number of fused-ring (bicyclic) bond motifs is 1. The summed E-state index contributed by atoms with van der Waals surface area (Å²) in [6.07, 6.45) is 2.31. The molecule has 0 N–H and O–H groups in total. The van der Waals surface area contributed by atoms with Gasteiger partial charge in [-0.15, -0.1) is 0 Å². The van der Waals surface area contributed by atoms with Crippen molar-refractivity contribution in [2.24, 2.45) is 11.8 Å². The monoisotopic (exact) mass is 198 g/mol. The maximum atomic E-state index is 6.11. The third kappa shape index (κ3) is 1.04. The molecule has 0 aliphatic carbocycles. The van der Waals surface area contributed by atoms with Crippen molar-refractivity contribution < 1.29 is 9.47 Å². The Balaban J connectivity index is 2.33. The van der Waals surface area contributed by atoms with E-state index in [4.69, 9.17) is 9.47 Å². The van der Waals surface area contributed by atoms with E-state index < -0.39 is 0 Å². The molecule has 2 aliphatic rings. The largest absolute Gasteiger partial charge is 0.372 e. The van der Waals surface area contributed by atoms with E-state index in [0.717, 1.165) is 19.6 Å². The molecule has 4 unspecified atom stereocenters. The Hall–Kier alpha value is -0.0800. The van der Waals surface area contributed by atoms with Gasteiger partial charge in [-0.25, -0.2) is 0 Å². The van der Waals surface area contributed by atoms with Crippen LogP contribution in [0.2, 0.25) is 0 Å². The number of rotatable bonds is 2. The first-order chi connectivity index (χ1) is 6.57. The summed E-state index contributed by atoms with van der Waals surface area (Å²) in [6, 6.07) is 0. The van der Waals surface area contributed by atoms with E-state index in [0.29, 0.717) is 11.8 Å². The second-order valence-corrected chi connectivity index (χ2v) is 5.17. The Bertz CT molecular complexity index is 224. The van der Waals surface area contributed by atoms with Gasteiger partial charge in [0.2, 0.25) is 0 Å². The average molecular weight is 198 g/mol. The lowest BCUT2D eigenvalue weighted by Gasteiger charge is -2.39. The van der Waals surface area contributed by atoms with Gasteiger partial charge in [-0.3, -0.25) is 0 Å². The van der Waals surface area contributed by atoms with Crippen LogP contribution in [0.3, 0.4) is 0 Å². The van der Waals surface area contributed by atoms with Crippen LogP contribution < -0.4 is 0 Å². The van der Waals surface area contributed by atoms with Gasteiger partial charge >= 0.3 is 0 Å². The summed E-state index contributed by atoms with van der Waals surface area (Å²) >= 11 is 0. The van der Waals surface area contributed by atoms with Crippen molar-refractivity contribution in [2.45, 2.75) is 51.7 Å². The third-order valence-corrected chi connectivity index (χ3v) is 4.42. The van der Waals surface area contributed by atoms with Crippen molar-refractivity contribution in [3.05, 3.63) is 0 Å². The quantitative estimate of drug-likeness (QED) is 0.679. The van der Waals surface area contributed by atoms with E-state index in [1.807, 2.05) is 0 Å². The first-order valence-electron chi connectivity index (χ1n) is 5.84. The highest BCUT2D eigenvalue weighted by Gasteiger charge is 2.64. The normalized spacial score (nSPS) is 52.3. The third-order valence-electron chi connectivity index (χ3n) is 4.42. The molecule has 4 atom stereocenters. The zero-order valence-electron chi connectivity index (χ0n) is 9.80. The summed E-state index contributed by atoms with van der Waals surface area (Å²) in [5.74, 6) is 1.07. The van der Waals surface area contributed by atoms with Crippen LogP contribution in [0.4, 0.5) is 0 Å². The van der Waals surface area contributed by atoms with Crippen molar-refractivity contribution in [2.75, 3.05) is 13.2 Å². The molecule has 0 radical (unpaired) electrons. The van der Waals surface area contributed by atoms with Gasteiger partial charge in [-0.2, -0.15) is 0 Å². The molecule has 82 valence electrons. The fourth-order valence-corrected chi connectivity index (χ4v) is 3.26. The number of ether oxygens (including phenoxy) is 2. The van der Waals surface area contributed by atoms with E-state index in [1.165, 1.54) is 6.42 Å². The Morgan fingerprint density at radius 1 is 1.14 bits per heavy atom. The van der Waals surface area contributed by atoms with Gasteiger partial charge in [0.1, 0.15) is 5.60 Å². The highest BCUT2D eigenvalue weighted by atomic mass is 16.6.